The first-order valence-corrected chi connectivity index (χ1v) is 10.1. The van der Waals surface area contributed by atoms with E-state index < -0.39 is 0 Å². The number of rotatable bonds is 4. The number of aromatic nitrogens is 3. The lowest BCUT2D eigenvalue weighted by Gasteiger charge is -2.14. The highest BCUT2D eigenvalue weighted by molar-refractivity contribution is 6.06. The highest BCUT2D eigenvalue weighted by Gasteiger charge is 2.21. The van der Waals surface area contributed by atoms with Gasteiger partial charge in [-0.2, -0.15) is 0 Å². The zero-order valence-corrected chi connectivity index (χ0v) is 17.7. The lowest BCUT2D eigenvalue weighted by Crippen LogP contribution is -2.39. The number of fused-ring (bicyclic) bond motifs is 3. The lowest BCUT2D eigenvalue weighted by molar-refractivity contribution is 0.507. The molecule has 0 atom stereocenters. The molecule has 2 aromatic heterocycles. The second-order valence-corrected chi connectivity index (χ2v) is 8.37. The van der Waals surface area contributed by atoms with Crippen LogP contribution in [0.5, 0.6) is 0 Å². The molecule has 0 fully saturated rings. The quantitative estimate of drug-likeness (QED) is 0.522. The molecule has 0 saturated carbocycles. The molecule has 150 valence electrons. The molecule has 0 amide bonds. The summed E-state index contributed by atoms with van der Waals surface area (Å²) in [4.78, 5) is 27.1. The topological polar surface area (TPSA) is 48.9 Å². The molecular formula is C24H27N3O2. The highest BCUT2D eigenvalue weighted by Crippen LogP contribution is 2.27. The average Bonchev–Trinajstić information content (AvgIpc) is 2.94. The summed E-state index contributed by atoms with van der Waals surface area (Å²) in [6.07, 6.45) is 0.864. The van der Waals surface area contributed by atoms with Gasteiger partial charge in [-0.3, -0.25) is 9.36 Å². The molecule has 0 bridgehead atoms. The van der Waals surface area contributed by atoms with Crippen molar-refractivity contribution in [2.24, 2.45) is 13.0 Å². The minimum atomic E-state index is -0.275. The van der Waals surface area contributed by atoms with Gasteiger partial charge in [-0.25, -0.2) is 9.36 Å². The maximum atomic E-state index is 13.6. The summed E-state index contributed by atoms with van der Waals surface area (Å²) >= 11 is 0. The van der Waals surface area contributed by atoms with Crippen molar-refractivity contribution in [2.45, 2.75) is 40.7 Å². The molecule has 5 nitrogen and oxygen atoms in total. The van der Waals surface area contributed by atoms with E-state index in [1.165, 1.54) is 4.57 Å². The fourth-order valence-electron chi connectivity index (χ4n) is 4.06. The van der Waals surface area contributed by atoms with Crippen LogP contribution in [0, 0.1) is 19.8 Å². The van der Waals surface area contributed by atoms with Gasteiger partial charge in [0.1, 0.15) is 5.52 Å². The van der Waals surface area contributed by atoms with Crippen LogP contribution in [0.25, 0.3) is 27.6 Å². The molecule has 5 heteroatoms. The third kappa shape index (κ3) is 3.11. The Hall–Kier alpha value is -3.08. The number of nitrogens with zero attached hydrogens (tertiary/aromatic N) is 3. The molecule has 29 heavy (non-hydrogen) atoms. The van der Waals surface area contributed by atoms with Crippen molar-refractivity contribution < 1.29 is 0 Å². The fourth-order valence-corrected chi connectivity index (χ4v) is 4.06. The Kier molecular flexibility index (Phi) is 4.69. The van der Waals surface area contributed by atoms with E-state index in [0.29, 0.717) is 23.7 Å². The summed E-state index contributed by atoms with van der Waals surface area (Å²) in [6, 6.07) is 13.7. The van der Waals surface area contributed by atoms with Gasteiger partial charge in [0.05, 0.1) is 16.7 Å². The van der Waals surface area contributed by atoms with Crippen molar-refractivity contribution in [1.82, 2.24) is 13.7 Å². The minimum absolute atomic E-state index is 0.271. The molecule has 0 aliphatic rings. The Morgan fingerprint density at radius 2 is 1.66 bits per heavy atom. The van der Waals surface area contributed by atoms with E-state index in [0.717, 1.165) is 34.0 Å². The molecule has 4 rings (SSSR count). The van der Waals surface area contributed by atoms with E-state index in [1.807, 2.05) is 61.9 Å². The van der Waals surface area contributed by atoms with Crippen LogP contribution in [0.1, 0.15) is 31.4 Å². The molecule has 0 radical (unpaired) electrons. The molecular weight excluding hydrogens is 362 g/mol. The van der Waals surface area contributed by atoms with E-state index in [1.54, 1.807) is 4.57 Å². The smallest absolute Gasteiger partial charge is 0.336 e. The summed E-state index contributed by atoms with van der Waals surface area (Å²) in [5.41, 5.74) is 4.45. The molecule has 0 aliphatic carbocycles. The van der Waals surface area contributed by atoms with E-state index >= 15 is 0 Å². The molecule has 0 unspecified atom stereocenters. The van der Waals surface area contributed by atoms with Crippen LogP contribution in [0.4, 0.5) is 0 Å². The van der Waals surface area contributed by atoms with Crippen LogP contribution in [-0.4, -0.2) is 13.7 Å². The van der Waals surface area contributed by atoms with Gasteiger partial charge in [0.25, 0.3) is 5.56 Å². The third-order valence-corrected chi connectivity index (χ3v) is 5.62. The largest absolute Gasteiger partial charge is 0.338 e. The van der Waals surface area contributed by atoms with Gasteiger partial charge in [0.15, 0.2) is 0 Å². The Morgan fingerprint density at radius 1 is 0.931 bits per heavy atom. The SMILES string of the molecule is Cc1cccc(-n2c(=O)c3c(c4cc(C)ccc4n3C)n(CCC(C)C)c2=O)c1. The maximum Gasteiger partial charge on any atom is 0.336 e. The number of hydrogen-bond donors (Lipinski definition) is 0. The van der Waals surface area contributed by atoms with Crippen LogP contribution in [0.2, 0.25) is 0 Å². The average molecular weight is 389 g/mol. The first-order valence-electron chi connectivity index (χ1n) is 10.1. The monoisotopic (exact) mass is 389 g/mol. The first-order chi connectivity index (χ1) is 13.8. The van der Waals surface area contributed by atoms with Gasteiger partial charge in [-0.15, -0.1) is 0 Å². The zero-order chi connectivity index (χ0) is 20.9. The van der Waals surface area contributed by atoms with Gasteiger partial charge in [-0.05, 0) is 56.0 Å². The van der Waals surface area contributed by atoms with E-state index in [-0.39, 0.29) is 11.2 Å². The standard InChI is InChI=1S/C24H27N3O2/c1-15(2)11-12-26-21-19-14-17(4)9-10-20(19)25(5)22(21)23(28)27(24(26)29)18-8-6-7-16(3)13-18/h6-10,13-15H,11-12H2,1-5H3. The Labute approximate surface area is 169 Å². The molecule has 2 heterocycles. The second kappa shape index (κ2) is 7.07. The summed E-state index contributed by atoms with van der Waals surface area (Å²) in [6.45, 7) is 8.86. The number of hydrogen-bond acceptors (Lipinski definition) is 2. The molecule has 4 aromatic rings. The maximum absolute atomic E-state index is 13.6. The summed E-state index contributed by atoms with van der Waals surface area (Å²) in [7, 11) is 1.90. The predicted molar refractivity (Wildman–Crippen MR) is 119 cm³/mol. The predicted octanol–water partition coefficient (Wildman–Crippen LogP) is 4.31. The van der Waals surface area contributed by atoms with E-state index in [9.17, 15) is 9.59 Å². The zero-order valence-electron chi connectivity index (χ0n) is 17.7. The fraction of sp³-hybridized carbons (Fsp3) is 0.333. The third-order valence-electron chi connectivity index (χ3n) is 5.62. The van der Waals surface area contributed by atoms with Crippen molar-refractivity contribution >= 4 is 21.9 Å². The Bertz CT molecular complexity index is 1350. The van der Waals surface area contributed by atoms with Gasteiger partial charge in [-0.1, -0.05) is 37.6 Å². The number of benzene rings is 2. The first kappa shape index (κ1) is 19.2. The van der Waals surface area contributed by atoms with Crippen LogP contribution >= 0.6 is 0 Å². The van der Waals surface area contributed by atoms with Crippen molar-refractivity contribution in [2.75, 3.05) is 0 Å². The Balaban J connectivity index is 2.20. The van der Waals surface area contributed by atoms with Gasteiger partial charge < -0.3 is 4.57 Å². The second-order valence-electron chi connectivity index (χ2n) is 8.37. The molecule has 2 aromatic carbocycles. The minimum Gasteiger partial charge on any atom is -0.338 e. The van der Waals surface area contributed by atoms with Gasteiger partial charge >= 0.3 is 5.69 Å². The lowest BCUT2D eigenvalue weighted by atomic mass is 10.1. The van der Waals surface area contributed by atoms with Crippen molar-refractivity contribution in [3.05, 3.63) is 74.4 Å². The molecule has 0 aliphatic heterocycles. The van der Waals surface area contributed by atoms with Crippen molar-refractivity contribution in [1.29, 1.82) is 0 Å². The molecule has 0 spiro atoms. The van der Waals surface area contributed by atoms with E-state index in [4.69, 9.17) is 0 Å². The van der Waals surface area contributed by atoms with Crippen LogP contribution in [0.15, 0.2) is 52.1 Å². The van der Waals surface area contributed by atoms with Crippen molar-refractivity contribution in [3.8, 4) is 5.69 Å². The Morgan fingerprint density at radius 3 is 2.34 bits per heavy atom. The molecule has 0 saturated heterocycles. The summed E-state index contributed by atoms with van der Waals surface area (Å²) < 4.78 is 5.03. The van der Waals surface area contributed by atoms with Gasteiger partial charge in [0.2, 0.25) is 0 Å². The summed E-state index contributed by atoms with van der Waals surface area (Å²) in [5.74, 6) is 0.452. The highest BCUT2D eigenvalue weighted by atomic mass is 16.2. The van der Waals surface area contributed by atoms with Gasteiger partial charge in [0, 0.05) is 19.0 Å². The molecule has 0 N–H and O–H groups in total. The normalized spacial score (nSPS) is 11.8. The number of aryl methyl sites for hydroxylation is 4. The van der Waals surface area contributed by atoms with E-state index in [2.05, 4.69) is 19.9 Å². The summed E-state index contributed by atoms with van der Waals surface area (Å²) in [5, 5.41) is 0.955. The van der Waals surface area contributed by atoms with Crippen molar-refractivity contribution in [3.63, 3.8) is 0 Å². The van der Waals surface area contributed by atoms with Crippen LogP contribution in [-0.2, 0) is 13.6 Å². The van der Waals surface area contributed by atoms with Crippen LogP contribution in [0.3, 0.4) is 0 Å². The van der Waals surface area contributed by atoms with Crippen LogP contribution < -0.4 is 11.2 Å².